The zero-order valence-corrected chi connectivity index (χ0v) is 13.3. The molecule has 5 nitrogen and oxygen atoms in total. The van der Waals surface area contributed by atoms with Crippen molar-refractivity contribution >= 4 is 28.3 Å². The fourth-order valence-electron chi connectivity index (χ4n) is 2.94. The van der Waals surface area contributed by atoms with Crippen LogP contribution in [-0.4, -0.2) is 28.7 Å². The maximum absolute atomic E-state index is 14.2. The smallest absolute Gasteiger partial charge is 0.231 e. The van der Waals surface area contributed by atoms with Gasteiger partial charge in [0, 0.05) is 30.6 Å². The molecule has 0 aliphatic carbocycles. The van der Waals surface area contributed by atoms with Crippen molar-refractivity contribution in [3.63, 3.8) is 0 Å². The van der Waals surface area contributed by atoms with Crippen LogP contribution in [-0.2, 0) is 9.59 Å². The Morgan fingerprint density at radius 2 is 2.22 bits per heavy atom. The van der Waals surface area contributed by atoms with E-state index in [1.165, 1.54) is 22.3 Å². The standard InChI is InChI=1S/C16H16FN3O2S/c1-20-13(21)7-6-11(15(22)19-16-18-8-9-23-16)14(20)10-4-2-3-5-12(10)17/h2-5,8-9,11,14H,6-7H2,1H3,(H,18,19,22)/t11-,14+/m1/s1. The summed E-state index contributed by atoms with van der Waals surface area (Å²) in [6.45, 7) is 0. The molecule has 0 unspecified atom stereocenters. The van der Waals surface area contributed by atoms with Crippen LogP contribution in [0.15, 0.2) is 35.8 Å². The van der Waals surface area contributed by atoms with Gasteiger partial charge in [-0.2, -0.15) is 0 Å². The van der Waals surface area contributed by atoms with Crippen LogP contribution in [0.4, 0.5) is 9.52 Å². The molecule has 2 heterocycles. The average molecular weight is 333 g/mol. The van der Waals surface area contributed by atoms with Crippen molar-refractivity contribution < 1.29 is 14.0 Å². The van der Waals surface area contributed by atoms with Gasteiger partial charge < -0.3 is 10.2 Å². The summed E-state index contributed by atoms with van der Waals surface area (Å²) in [7, 11) is 1.61. The van der Waals surface area contributed by atoms with Crippen molar-refractivity contribution in [1.29, 1.82) is 0 Å². The van der Waals surface area contributed by atoms with Gasteiger partial charge in [0.25, 0.3) is 0 Å². The van der Waals surface area contributed by atoms with Crippen LogP contribution in [0, 0.1) is 11.7 Å². The molecule has 0 bridgehead atoms. The van der Waals surface area contributed by atoms with E-state index in [4.69, 9.17) is 0 Å². The van der Waals surface area contributed by atoms with Crippen molar-refractivity contribution in [1.82, 2.24) is 9.88 Å². The summed E-state index contributed by atoms with van der Waals surface area (Å²) in [4.78, 5) is 30.1. The quantitative estimate of drug-likeness (QED) is 0.939. The fourth-order valence-corrected chi connectivity index (χ4v) is 3.47. The normalized spacial score (nSPS) is 21.3. The third-order valence-electron chi connectivity index (χ3n) is 4.08. The van der Waals surface area contributed by atoms with Crippen LogP contribution in [0.1, 0.15) is 24.4 Å². The summed E-state index contributed by atoms with van der Waals surface area (Å²) in [5.41, 5.74) is 0.363. The molecule has 0 radical (unpaired) electrons. The van der Waals surface area contributed by atoms with E-state index in [0.29, 0.717) is 17.1 Å². The summed E-state index contributed by atoms with van der Waals surface area (Å²) in [5.74, 6) is -1.26. The van der Waals surface area contributed by atoms with Gasteiger partial charge in [-0.15, -0.1) is 11.3 Å². The number of rotatable bonds is 3. The Labute approximate surface area is 137 Å². The highest BCUT2D eigenvalue weighted by Gasteiger charge is 2.40. The number of carbonyl (C=O) groups excluding carboxylic acids is 2. The summed E-state index contributed by atoms with van der Waals surface area (Å²) < 4.78 is 14.2. The number of thiazole rings is 1. The summed E-state index contributed by atoms with van der Waals surface area (Å²) >= 11 is 1.32. The van der Waals surface area contributed by atoms with Crippen LogP contribution in [0.2, 0.25) is 0 Å². The molecule has 1 N–H and O–H groups in total. The minimum Gasteiger partial charge on any atom is -0.338 e. The van der Waals surface area contributed by atoms with Gasteiger partial charge in [0.05, 0.1) is 12.0 Å². The molecule has 0 saturated carbocycles. The van der Waals surface area contributed by atoms with Crippen molar-refractivity contribution in [2.24, 2.45) is 5.92 Å². The Morgan fingerprint density at radius 3 is 2.91 bits per heavy atom. The molecule has 1 aliphatic heterocycles. The lowest BCUT2D eigenvalue weighted by atomic mass is 9.84. The van der Waals surface area contributed by atoms with Crippen molar-refractivity contribution in [3.8, 4) is 0 Å². The molecule has 120 valence electrons. The van der Waals surface area contributed by atoms with Crippen LogP contribution in [0.3, 0.4) is 0 Å². The summed E-state index contributed by atoms with van der Waals surface area (Å²) in [5, 5.41) is 5.02. The van der Waals surface area contributed by atoms with E-state index >= 15 is 0 Å². The maximum Gasteiger partial charge on any atom is 0.231 e. The monoisotopic (exact) mass is 333 g/mol. The molecule has 1 aromatic heterocycles. The molecule has 1 aliphatic rings. The molecular weight excluding hydrogens is 317 g/mol. The number of nitrogens with one attached hydrogen (secondary N) is 1. The molecule has 2 atom stereocenters. The molecule has 0 spiro atoms. The summed E-state index contributed by atoms with van der Waals surface area (Å²) in [6, 6.07) is 5.66. The van der Waals surface area contributed by atoms with Crippen LogP contribution < -0.4 is 5.32 Å². The molecule has 1 fully saturated rings. The van der Waals surface area contributed by atoms with Crippen molar-refractivity contribution in [2.45, 2.75) is 18.9 Å². The number of aromatic nitrogens is 1. The SMILES string of the molecule is CN1C(=O)CC[C@@H](C(=O)Nc2nccs2)[C@@H]1c1ccccc1F. The van der Waals surface area contributed by atoms with Crippen LogP contribution in [0.5, 0.6) is 0 Å². The number of nitrogens with zero attached hydrogens (tertiary/aromatic N) is 2. The Bertz CT molecular complexity index is 720. The predicted octanol–water partition coefficient (Wildman–Crippen LogP) is 2.83. The molecular formula is C16H16FN3O2S. The molecule has 1 saturated heterocycles. The Kier molecular flexibility index (Phi) is 4.38. The van der Waals surface area contributed by atoms with E-state index < -0.39 is 17.8 Å². The highest BCUT2D eigenvalue weighted by molar-refractivity contribution is 7.13. The lowest BCUT2D eigenvalue weighted by molar-refractivity contribution is -0.140. The molecule has 1 aromatic carbocycles. The number of halogens is 1. The molecule has 2 amide bonds. The first kappa shape index (κ1) is 15.6. The number of anilines is 1. The van der Waals surface area contributed by atoms with Crippen LogP contribution >= 0.6 is 11.3 Å². The molecule has 2 aromatic rings. The van der Waals surface area contributed by atoms with Crippen LogP contribution in [0.25, 0.3) is 0 Å². The zero-order valence-electron chi connectivity index (χ0n) is 12.5. The predicted molar refractivity (Wildman–Crippen MR) is 85.4 cm³/mol. The topological polar surface area (TPSA) is 62.3 Å². The number of hydrogen-bond acceptors (Lipinski definition) is 4. The number of hydrogen-bond donors (Lipinski definition) is 1. The Balaban J connectivity index is 1.91. The second kappa shape index (κ2) is 6.45. The van der Waals surface area contributed by atoms with Crippen molar-refractivity contribution in [3.05, 3.63) is 47.2 Å². The minimum absolute atomic E-state index is 0.0865. The van der Waals surface area contributed by atoms with E-state index in [0.717, 1.165) is 0 Å². The third-order valence-corrected chi connectivity index (χ3v) is 4.77. The van der Waals surface area contributed by atoms with Gasteiger partial charge in [0.15, 0.2) is 5.13 Å². The van der Waals surface area contributed by atoms with Gasteiger partial charge in [-0.25, -0.2) is 9.37 Å². The first-order chi connectivity index (χ1) is 11.1. The second-order valence-corrected chi connectivity index (χ2v) is 6.34. The fraction of sp³-hybridized carbons (Fsp3) is 0.312. The Morgan fingerprint density at radius 1 is 1.43 bits per heavy atom. The minimum atomic E-state index is -0.614. The van der Waals surface area contributed by atoms with Gasteiger partial charge >= 0.3 is 0 Å². The first-order valence-corrected chi connectivity index (χ1v) is 8.16. The lowest BCUT2D eigenvalue weighted by Gasteiger charge is -2.38. The van der Waals surface area contributed by atoms with E-state index in [1.54, 1.807) is 36.8 Å². The number of piperidine rings is 1. The van der Waals surface area contributed by atoms with E-state index in [1.807, 2.05) is 0 Å². The van der Waals surface area contributed by atoms with Gasteiger partial charge in [-0.3, -0.25) is 9.59 Å². The van der Waals surface area contributed by atoms with Gasteiger partial charge in [0.1, 0.15) is 5.82 Å². The highest BCUT2D eigenvalue weighted by Crippen LogP contribution is 2.37. The molecule has 3 rings (SSSR count). The molecule has 23 heavy (non-hydrogen) atoms. The van der Waals surface area contributed by atoms with E-state index in [-0.39, 0.29) is 18.2 Å². The average Bonchev–Trinajstić information content (AvgIpc) is 3.03. The van der Waals surface area contributed by atoms with E-state index in [2.05, 4.69) is 10.3 Å². The van der Waals surface area contributed by atoms with Gasteiger partial charge in [-0.05, 0) is 12.5 Å². The van der Waals surface area contributed by atoms with Gasteiger partial charge in [-0.1, -0.05) is 18.2 Å². The first-order valence-electron chi connectivity index (χ1n) is 7.28. The van der Waals surface area contributed by atoms with Gasteiger partial charge in [0.2, 0.25) is 11.8 Å². The number of carbonyl (C=O) groups is 2. The van der Waals surface area contributed by atoms with E-state index in [9.17, 15) is 14.0 Å². The molecule has 7 heteroatoms. The van der Waals surface area contributed by atoms with Crippen molar-refractivity contribution in [2.75, 3.05) is 12.4 Å². The number of amides is 2. The maximum atomic E-state index is 14.2. The third kappa shape index (κ3) is 3.10. The highest BCUT2D eigenvalue weighted by atomic mass is 32.1. The zero-order chi connectivity index (χ0) is 16.4. The Hall–Kier alpha value is -2.28. The lowest BCUT2D eigenvalue weighted by Crippen LogP contribution is -2.44. The summed E-state index contributed by atoms with van der Waals surface area (Å²) in [6.07, 6.45) is 2.27. The number of likely N-dealkylation sites (tertiary alicyclic amines) is 1. The number of benzene rings is 1. The largest absolute Gasteiger partial charge is 0.338 e. The second-order valence-electron chi connectivity index (χ2n) is 5.44.